The van der Waals surface area contributed by atoms with E-state index in [9.17, 15) is 9.59 Å². The van der Waals surface area contributed by atoms with Gasteiger partial charge in [-0.15, -0.1) is 0 Å². The number of fused-ring (bicyclic) bond motifs is 1. The highest BCUT2D eigenvalue weighted by atomic mass is 16.5. The molecule has 1 aliphatic carbocycles. The minimum atomic E-state index is -0.177. The van der Waals surface area contributed by atoms with E-state index in [0.29, 0.717) is 30.8 Å². The van der Waals surface area contributed by atoms with Crippen molar-refractivity contribution < 1.29 is 18.7 Å². The Morgan fingerprint density at radius 1 is 1.06 bits per heavy atom. The van der Waals surface area contributed by atoms with E-state index >= 15 is 0 Å². The fourth-order valence-corrected chi connectivity index (χ4v) is 4.23. The van der Waals surface area contributed by atoms with Crippen molar-refractivity contribution >= 4 is 11.8 Å². The molecule has 1 heterocycles. The van der Waals surface area contributed by atoms with Crippen molar-refractivity contribution in [1.82, 2.24) is 10.6 Å². The van der Waals surface area contributed by atoms with Gasteiger partial charge < -0.3 is 19.8 Å². The van der Waals surface area contributed by atoms with E-state index in [4.69, 9.17) is 9.15 Å². The van der Waals surface area contributed by atoms with Crippen molar-refractivity contribution in [2.75, 3.05) is 7.11 Å². The molecule has 6 nitrogen and oxygen atoms in total. The van der Waals surface area contributed by atoms with Crippen LogP contribution in [0.15, 0.2) is 65.3 Å². The molecule has 1 atom stereocenters. The molecule has 0 fully saturated rings. The minimum Gasteiger partial charge on any atom is -0.497 e. The SMILES string of the molecule is COc1ccc2c(c1)CCCC2CC(=O)NCc1cccc(C(=O)NCc2ccco2)c1. The van der Waals surface area contributed by atoms with Crippen LogP contribution in [0.5, 0.6) is 5.75 Å². The first-order chi connectivity index (χ1) is 15.6. The maximum absolute atomic E-state index is 12.6. The van der Waals surface area contributed by atoms with Crippen LogP contribution < -0.4 is 15.4 Å². The number of hydrogen-bond acceptors (Lipinski definition) is 4. The molecule has 0 spiro atoms. The van der Waals surface area contributed by atoms with Crippen molar-refractivity contribution in [2.45, 2.75) is 44.7 Å². The van der Waals surface area contributed by atoms with Crippen LogP contribution in [-0.4, -0.2) is 18.9 Å². The Labute approximate surface area is 188 Å². The Hall–Kier alpha value is -3.54. The van der Waals surface area contributed by atoms with E-state index in [0.717, 1.165) is 30.6 Å². The molecule has 2 aromatic carbocycles. The number of methoxy groups -OCH3 is 1. The number of ether oxygens (including phenoxy) is 1. The van der Waals surface area contributed by atoms with Gasteiger partial charge in [-0.3, -0.25) is 9.59 Å². The van der Waals surface area contributed by atoms with E-state index in [2.05, 4.69) is 22.8 Å². The van der Waals surface area contributed by atoms with Crippen molar-refractivity contribution in [2.24, 2.45) is 0 Å². The third-order valence-electron chi connectivity index (χ3n) is 5.90. The standard InChI is InChI=1S/C26H28N2O4/c1-31-22-10-11-24-19(14-22)6-3-7-20(24)15-25(29)27-16-18-5-2-8-21(13-18)26(30)28-17-23-9-4-12-32-23/h2,4-5,8-14,20H,3,6-7,15-17H2,1H3,(H,27,29)(H,28,30). The molecular formula is C26H28N2O4. The monoisotopic (exact) mass is 432 g/mol. The summed E-state index contributed by atoms with van der Waals surface area (Å²) >= 11 is 0. The molecule has 6 heteroatoms. The maximum Gasteiger partial charge on any atom is 0.251 e. The zero-order valence-corrected chi connectivity index (χ0v) is 18.2. The van der Waals surface area contributed by atoms with Gasteiger partial charge in [0.1, 0.15) is 11.5 Å². The molecule has 1 unspecified atom stereocenters. The predicted molar refractivity (Wildman–Crippen MR) is 121 cm³/mol. The van der Waals surface area contributed by atoms with Gasteiger partial charge in [0, 0.05) is 18.5 Å². The van der Waals surface area contributed by atoms with Crippen LogP contribution in [0, 0.1) is 0 Å². The molecule has 4 rings (SSSR count). The number of hydrogen-bond donors (Lipinski definition) is 2. The second-order valence-corrected chi connectivity index (χ2v) is 8.10. The largest absolute Gasteiger partial charge is 0.497 e. The number of nitrogens with one attached hydrogen (secondary N) is 2. The summed E-state index contributed by atoms with van der Waals surface area (Å²) in [5.41, 5.74) is 3.97. The Bertz CT molecular complexity index is 1080. The van der Waals surface area contributed by atoms with Crippen LogP contribution in [0.4, 0.5) is 0 Å². The van der Waals surface area contributed by atoms with Crippen molar-refractivity contribution in [3.05, 3.63) is 88.9 Å². The van der Waals surface area contributed by atoms with Crippen LogP contribution in [-0.2, 0) is 24.3 Å². The Balaban J connectivity index is 1.31. The first-order valence-corrected chi connectivity index (χ1v) is 11.0. The van der Waals surface area contributed by atoms with Gasteiger partial charge in [0.2, 0.25) is 5.91 Å². The minimum absolute atomic E-state index is 0.0198. The lowest BCUT2D eigenvalue weighted by Crippen LogP contribution is -2.26. The molecule has 3 aromatic rings. The maximum atomic E-state index is 12.6. The molecule has 0 bridgehead atoms. The quantitative estimate of drug-likeness (QED) is 0.555. The van der Waals surface area contributed by atoms with Gasteiger partial charge in [0.05, 0.1) is 19.9 Å². The van der Waals surface area contributed by atoms with Gasteiger partial charge in [-0.05, 0) is 78.3 Å². The molecule has 0 radical (unpaired) electrons. The molecule has 2 amide bonds. The molecule has 0 saturated carbocycles. The topological polar surface area (TPSA) is 80.6 Å². The van der Waals surface area contributed by atoms with Crippen LogP contribution >= 0.6 is 0 Å². The average molecular weight is 433 g/mol. The molecule has 1 aromatic heterocycles. The van der Waals surface area contributed by atoms with Crippen molar-refractivity contribution in [3.63, 3.8) is 0 Å². The highest BCUT2D eigenvalue weighted by molar-refractivity contribution is 5.94. The number of carbonyl (C=O) groups excluding carboxylic acids is 2. The van der Waals surface area contributed by atoms with Gasteiger partial charge in [0.15, 0.2) is 0 Å². The van der Waals surface area contributed by atoms with E-state index in [1.165, 1.54) is 11.1 Å². The second kappa shape index (κ2) is 10.2. The first kappa shape index (κ1) is 21.7. The summed E-state index contributed by atoms with van der Waals surface area (Å²) in [5.74, 6) is 1.63. The number of furan rings is 1. The highest BCUT2D eigenvalue weighted by Crippen LogP contribution is 2.35. The van der Waals surface area contributed by atoms with Gasteiger partial charge >= 0.3 is 0 Å². The molecule has 0 saturated heterocycles. The Kier molecular flexibility index (Phi) is 6.90. The Morgan fingerprint density at radius 2 is 1.97 bits per heavy atom. The molecule has 2 N–H and O–H groups in total. The predicted octanol–water partition coefficient (Wildman–Crippen LogP) is 4.34. The summed E-state index contributed by atoms with van der Waals surface area (Å²) in [7, 11) is 1.67. The van der Waals surface area contributed by atoms with E-state index < -0.39 is 0 Å². The van der Waals surface area contributed by atoms with Crippen LogP contribution in [0.2, 0.25) is 0 Å². The summed E-state index contributed by atoms with van der Waals surface area (Å²) in [5, 5.41) is 5.85. The zero-order chi connectivity index (χ0) is 22.3. The number of rotatable bonds is 8. The number of carbonyl (C=O) groups is 2. The summed E-state index contributed by atoms with van der Waals surface area (Å²) in [4.78, 5) is 25.1. The summed E-state index contributed by atoms with van der Waals surface area (Å²) in [6.07, 6.45) is 5.15. The average Bonchev–Trinajstić information content (AvgIpc) is 3.35. The van der Waals surface area contributed by atoms with Crippen LogP contribution in [0.25, 0.3) is 0 Å². The van der Waals surface area contributed by atoms with Crippen molar-refractivity contribution in [3.8, 4) is 5.75 Å². The van der Waals surface area contributed by atoms with Crippen LogP contribution in [0.1, 0.15) is 58.0 Å². The van der Waals surface area contributed by atoms with Gasteiger partial charge in [-0.1, -0.05) is 18.2 Å². The van der Waals surface area contributed by atoms with Crippen LogP contribution in [0.3, 0.4) is 0 Å². The Morgan fingerprint density at radius 3 is 2.78 bits per heavy atom. The molecule has 32 heavy (non-hydrogen) atoms. The normalized spacial score (nSPS) is 15.0. The summed E-state index contributed by atoms with van der Waals surface area (Å²) < 4.78 is 10.6. The molecular weight excluding hydrogens is 404 g/mol. The number of aryl methyl sites for hydroxylation is 1. The first-order valence-electron chi connectivity index (χ1n) is 11.0. The van der Waals surface area contributed by atoms with Crippen molar-refractivity contribution in [1.29, 1.82) is 0 Å². The lowest BCUT2D eigenvalue weighted by atomic mass is 9.81. The lowest BCUT2D eigenvalue weighted by molar-refractivity contribution is -0.121. The molecule has 1 aliphatic rings. The van der Waals surface area contributed by atoms with E-state index in [1.807, 2.05) is 24.3 Å². The summed E-state index contributed by atoms with van der Waals surface area (Å²) in [6.45, 7) is 0.724. The second-order valence-electron chi connectivity index (χ2n) is 8.10. The van der Waals surface area contributed by atoms with E-state index in [1.54, 1.807) is 31.6 Å². The highest BCUT2D eigenvalue weighted by Gasteiger charge is 2.23. The van der Waals surface area contributed by atoms with E-state index in [-0.39, 0.29) is 17.7 Å². The smallest absolute Gasteiger partial charge is 0.251 e. The van der Waals surface area contributed by atoms with Gasteiger partial charge in [0.25, 0.3) is 5.91 Å². The zero-order valence-electron chi connectivity index (χ0n) is 18.2. The van der Waals surface area contributed by atoms with Gasteiger partial charge in [-0.25, -0.2) is 0 Å². The number of benzene rings is 2. The number of amides is 2. The lowest BCUT2D eigenvalue weighted by Gasteiger charge is -2.25. The fraction of sp³-hybridized carbons (Fsp3) is 0.308. The fourth-order valence-electron chi connectivity index (χ4n) is 4.23. The summed E-state index contributed by atoms with van der Waals surface area (Å²) in [6, 6.07) is 17.0. The van der Waals surface area contributed by atoms with Gasteiger partial charge in [-0.2, -0.15) is 0 Å². The third-order valence-corrected chi connectivity index (χ3v) is 5.90. The molecule has 0 aliphatic heterocycles. The third kappa shape index (κ3) is 5.38. The molecule has 166 valence electrons.